The zero-order chi connectivity index (χ0) is 19.2. The third-order valence-electron chi connectivity index (χ3n) is 4.29. The van der Waals surface area contributed by atoms with Crippen molar-refractivity contribution in [3.63, 3.8) is 0 Å². The van der Waals surface area contributed by atoms with Gasteiger partial charge in [0, 0.05) is 42.8 Å². The molecule has 27 heavy (non-hydrogen) atoms. The Kier molecular flexibility index (Phi) is 6.76. The lowest BCUT2D eigenvalue weighted by Crippen LogP contribution is -2.26. The largest absolute Gasteiger partial charge is 0.382 e. The number of thiophene rings is 1. The lowest BCUT2D eigenvalue weighted by molar-refractivity contribution is -0.121. The molecule has 144 valence electrons. The van der Waals surface area contributed by atoms with Crippen molar-refractivity contribution < 1.29 is 9.53 Å². The van der Waals surface area contributed by atoms with E-state index >= 15 is 0 Å². The monoisotopic (exact) mass is 405 g/mol. The van der Waals surface area contributed by atoms with Crippen molar-refractivity contribution in [3.8, 4) is 0 Å². The van der Waals surface area contributed by atoms with E-state index in [0.29, 0.717) is 48.6 Å². The molecule has 0 saturated carbocycles. The summed E-state index contributed by atoms with van der Waals surface area (Å²) in [6.07, 6.45) is 1.72. The molecule has 0 aliphatic heterocycles. The number of nitrogens with zero attached hydrogens (tertiary/aromatic N) is 1. The number of carbonyl (C=O) groups excluding carboxylic acids is 1. The normalized spacial score (nSPS) is 11.3. The summed E-state index contributed by atoms with van der Waals surface area (Å²) < 4.78 is 8.91. The number of benzene rings is 1. The van der Waals surface area contributed by atoms with Gasteiger partial charge >= 0.3 is 0 Å². The molecule has 0 aliphatic rings. The Morgan fingerprint density at radius 3 is 2.96 bits per heavy atom. The first-order valence-electron chi connectivity index (χ1n) is 9.10. The average molecular weight is 406 g/mol. The highest BCUT2D eigenvalue weighted by Gasteiger charge is 2.12. The van der Waals surface area contributed by atoms with Crippen LogP contribution in [0.25, 0.3) is 20.3 Å². The summed E-state index contributed by atoms with van der Waals surface area (Å²) in [4.78, 5) is 27.9. The first kappa shape index (κ1) is 19.7. The molecular formula is C19H23N3O3S2. The molecule has 2 aromatic heterocycles. The van der Waals surface area contributed by atoms with E-state index in [-0.39, 0.29) is 11.5 Å². The van der Waals surface area contributed by atoms with Crippen molar-refractivity contribution in [3.05, 3.63) is 39.4 Å². The minimum Gasteiger partial charge on any atom is -0.382 e. The Bertz CT molecular complexity index is 1050. The highest BCUT2D eigenvalue weighted by atomic mass is 32.1. The minimum atomic E-state index is -0.0907. The third kappa shape index (κ3) is 4.63. The van der Waals surface area contributed by atoms with Gasteiger partial charge in [0.15, 0.2) is 4.77 Å². The van der Waals surface area contributed by atoms with Gasteiger partial charge in [0.1, 0.15) is 4.70 Å². The van der Waals surface area contributed by atoms with Crippen molar-refractivity contribution in [1.82, 2.24) is 14.9 Å². The second-order valence-electron chi connectivity index (χ2n) is 6.19. The van der Waals surface area contributed by atoms with Crippen molar-refractivity contribution in [2.75, 3.05) is 19.8 Å². The van der Waals surface area contributed by atoms with Crippen LogP contribution in [0.3, 0.4) is 0 Å². The molecule has 8 heteroatoms. The van der Waals surface area contributed by atoms with Crippen LogP contribution in [0.1, 0.15) is 26.2 Å². The van der Waals surface area contributed by atoms with Gasteiger partial charge in [0.05, 0.1) is 5.52 Å². The van der Waals surface area contributed by atoms with Crippen LogP contribution in [0.2, 0.25) is 0 Å². The van der Waals surface area contributed by atoms with Crippen LogP contribution < -0.4 is 10.9 Å². The summed E-state index contributed by atoms with van der Waals surface area (Å²) in [5.74, 6) is -0.0163. The smallest absolute Gasteiger partial charge is 0.272 e. The molecule has 0 spiro atoms. The molecule has 0 saturated heterocycles. The van der Waals surface area contributed by atoms with Crippen molar-refractivity contribution in [2.24, 2.45) is 0 Å². The summed E-state index contributed by atoms with van der Waals surface area (Å²) in [7, 11) is 0. The SMILES string of the molecule is CCOCCCNC(=O)CCCn1c(=S)[nH]c2c(sc3ccccc32)c1=O. The number of H-pyrrole nitrogens is 1. The zero-order valence-corrected chi connectivity index (χ0v) is 16.9. The van der Waals surface area contributed by atoms with Gasteiger partial charge in [-0.2, -0.15) is 0 Å². The number of aromatic nitrogens is 2. The molecule has 1 aromatic carbocycles. The molecule has 0 aliphatic carbocycles. The maximum absolute atomic E-state index is 12.8. The fourth-order valence-corrected chi connectivity index (χ4v) is 4.33. The van der Waals surface area contributed by atoms with Crippen molar-refractivity contribution in [2.45, 2.75) is 32.7 Å². The Hall–Kier alpha value is -2.03. The topological polar surface area (TPSA) is 76.1 Å². The Balaban J connectivity index is 1.64. The second kappa shape index (κ2) is 9.25. The van der Waals surface area contributed by atoms with E-state index in [9.17, 15) is 9.59 Å². The molecule has 2 heterocycles. The molecule has 0 fully saturated rings. The molecule has 0 atom stereocenters. The number of ether oxygens (including phenoxy) is 1. The van der Waals surface area contributed by atoms with Crippen molar-refractivity contribution >= 4 is 49.8 Å². The van der Waals surface area contributed by atoms with E-state index < -0.39 is 0 Å². The standard InChI is InChI=1S/C19H23N3O3S2/c1-2-25-12-6-10-20-15(23)9-5-11-22-18(24)17-16(21-19(22)26)13-7-3-4-8-14(13)27-17/h3-4,7-8H,2,5-6,9-12H2,1H3,(H,20,23)(H,21,26). The number of rotatable bonds is 9. The van der Waals surface area contributed by atoms with Gasteiger partial charge in [-0.05, 0) is 38.0 Å². The van der Waals surface area contributed by atoms with Gasteiger partial charge in [-0.15, -0.1) is 11.3 Å². The van der Waals surface area contributed by atoms with E-state index in [0.717, 1.165) is 22.0 Å². The van der Waals surface area contributed by atoms with Gasteiger partial charge in [0.25, 0.3) is 5.56 Å². The molecule has 1 amide bonds. The summed E-state index contributed by atoms with van der Waals surface area (Å²) in [5, 5.41) is 3.88. The number of nitrogens with one attached hydrogen (secondary N) is 2. The van der Waals surface area contributed by atoms with Crippen molar-refractivity contribution in [1.29, 1.82) is 0 Å². The van der Waals surface area contributed by atoms with Crippen LogP contribution in [0, 0.1) is 4.77 Å². The second-order valence-corrected chi connectivity index (χ2v) is 7.63. The van der Waals surface area contributed by atoms with Crippen LogP contribution in [0.4, 0.5) is 0 Å². The van der Waals surface area contributed by atoms with E-state index in [4.69, 9.17) is 17.0 Å². The molecule has 0 unspecified atom stereocenters. The van der Waals surface area contributed by atoms with Crippen LogP contribution in [-0.2, 0) is 16.1 Å². The summed E-state index contributed by atoms with van der Waals surface area (Å²) in [6.45, 7) is 4.31. The van der Waals surface area contributed by atoms with Crippen LogP contribution in [-0.4, -0.2) is 35.2 Å². The van der Waals surface area contributed by atoms with E-state index in [1.165, 1.54) is 11.3 Å². The van der Waals surface area contributed by atoms with Gasteiger partial charge < -0.3 is 15.0 Å². The lowest BCUT2D eigenvalue weighted by atomic mass is 10.2. The van der Waals surface area contributed by atoms with Crippen LogP contribution in [0.5, 0.6) is 0 Å². The number of aromatic amines is 1. The molecule has 0 bridgehead atoms. The first-order chi connectivity index (χ1) is 13.1. The molecule has 0 radical (unpaired) electrons. The first-order valence-corrected chi connectivity index (χ1v) is 10.3. The van der Waals surface area contributed by atoms with Gasteiger partial charge in [-0.25, -0.2) is 0 Å². The maximum Gasteiger partial charge on any atom is 0.272 e. The minimum absolute atomic E-state index is 0.0163. The Morgan fingerprint density at radius 2 is 2.15 bits per heavy atom. The van der Waals surface area contributed by atoms with Gasteiger partial charge in [0.2, 0.25) is 5.91 Å². The fraction of sp³-hybridized carbons (Fsp3) is 0.421. The third-order valence-corrected chi connectivity index (χ3v) is 5.77. The van der Waals surface area contributed by atoms with E-state index in [2.05, 4.69) is 10.3 Å². The molecule has 2 N–H and O–H groups in total. The van der Waals surface area contributed by atoms with Crippen LogP contribution >= 0.6 is 23.6 Å². The Labute approximate surface area is 166 Å². The molecular weight excluding hydrogens is 382 g/mol. The van der Waals surface area contributed by atoms with Gasteiger partial charge in [-0.3, -0.25) is 14.2 Å². The van der Waals surface area contributed by atoms with E-state index in [1.807, 2.05) is 31.2 Å². The predicted molar refractivity (Wildman–Crippen MR) is 112 cm³/mol. The number of carbonyl (C=O) groups is 1. The highest BCUT2D eigenvalue weighted by molar-refractivity contribution is 7.71. The van der Waals surface area contributed by atoms with E-state index in [1.54, 1.807) is 4.57 Å². The summed E-state index contributed by atoms with van der Waals surface area (Å²) in [5.41, 5.74) is 0.709. The molecule has 3 aromatic rings. The number of hydrogen-bond acceptors (Lipinski definition) is 5. The lowest BCUT2D eigenvalue weighted by Gasteiger charge is -2.07. The van der Waals surface area contributed by atoms with Crippen LogP contribution in [0.15, 0.2) is 29.1 Å². The predicted octanol–water partition coefficient (Wildman–Crippen LogP) is 3.60. The zero-order valence-electron chi connectivity index (χ0n) is 15.2. The maximum atomic E-state index is 12.8. The number of hydrogen-bond donors (Lipinski definition) is 2. The van der Waals surface area contributed by atoms with Gasteiger partial charge in [-0.1, -0.05) is 18.2 Å². The molecule has 6 nitrogen and oxygen atoms in total. The summed E-state index contributed by atoms with van der Waals surface area (Å²) in [6, 6.07) is 7.89. The quantitative estimate of drug-likeness (QED) is 0.421. The number of fused-ring (bicyclic) bond motifs is 3. The summed E-state index contributed by atoms with van der Waals surface area (Å²) >= 11 is 6.85. The Morgan fingerprint density at radius 1 is 1.33 bits per heavy atom. The average Bonchev–Trinajstić information content (AvgIpc) is 3.03. The highest BCUT2D eigenvalue weighted by Crippen LogP contribution is 2.29. The fourth-order valence-electron chi connectivity index (χ4n) is 2.94. The number of amides is 1. The molecule has 3 rings (SSSR count).